The van der Waals surface area contributed by atoms with E-state index in [4.69, 9.17) is 9.47 Å². The molecule has 1 fully saturated rings. The molecule has 0 aromatic heterocycles. The van der Waals surface area contributed by atoms with Crippen molar-refractivity contribution in [2.45, 2.75) is 26.2 Å². The van der Waals surface area contributed by atoms with Gasteiger partial charge in [0.05, 0.1) is 25.9 Å². The van der Waals surface area contributed by atoms with Crippen LogP contribution >= 0.6 is 0 Å². The second-order valence-corrected chi connectivity index (χ2v) is 6.52. The molecule has 0 atom stereocenters. The maximum absolute atomic E-state index is 13.1. The molecule has 0 N–H and O–H groups in total. The quantitative estimate of drug-likeness (QED) is 0.553. The molecule has 0 aliphatic carbocycles. The van der Waals surface area contributed by atoms with Crippen LogP contribution in [0.1, 0.15) is 31.7 Å². The summed E-state index contributed by atoms with van der Waals surface area (Å²) < 4.78 is 10.6. The molecule has 1 saturated heterocycles. The molecule has 0 radical (unpaired) electrons. The number of imide groups is 1. The first-order valence-corrected chi connectivity index (χ1v) is 9.25. The second kappa shape index (κ2) is 8.36. The Morgan fingerprint density at radius 2 is 1.73 bits per heavy atom. The summed E-state index contributed by atoms with van der Waals surface area (Å²) in [5, 5.41) is 0. The van der Waals surface area contributed by atoms with Crippen LogP contribution in [0.3, 0.4) is 0 Å². The summed E-state index contributed by atoms with van der Waals surface area (Å²) in [6.07, 6.45) is 2.88. The monoisotopic (exact) mass is 358 g/mol. The average molecular weight is 358 g/mol. The smallest absolute Gasteiger partial charge is 0.277 e. The molecule has 140 valence electrons. The molecule has 0 unspecified atom stereocenters. The average Bonchev–Trinajstić information content (AvgIpc) is 2.93. The zero-order chi connectivity index (χ0) is 18.5. The van der Waals surface area contributed by atoms with Gasteiger partial charge in [0.15, 0.2) is 0 Å². The van der Waals surface area contributed by atoms with Crippen LogP contribution in [-0.4, -0.2) is 61.6 Å². The molecule has 3 rings (SSSR count). The van der Waals surface area contributed by atoms with Gasteiger partial charge in [0.2, 0.25) is 0 Å². The lowest BCUT2D eigenvalue weighted by Gasteiger charge is -2.29. The number of hydrogen-bond acceptors (Lipinski definition) is 5. The number of benzene rings is 1. The summed E-state index contributed by atoms with van der Waals surface area (Å²) in [5.41, 5.74) is 1.76. The number of amides is 2. The van der Waals surface area contributed by atoms with Gasteiger partial charge in [-0.3, -0.25) is 14.5 Å². The van der Waals surface area contributed by atoms with E-state index in [1.165, 1.54) is 4.90 Å². The molecule has 6 heteroatoms. The topological polar surface area (TPSA) is 59.1 Å². The number of methoxy groups -OCH3 is 1. The fourth-order valence-corrected chi connectivity index (χ4v) is 3.38. The largest absolute Gasteiger partial charge is 0.497 e. The number of carbonyl (C=O) groups excluding carboxylic acids is 2. The summed E-state index contributed by atoms with van der Waals surface area (Å²) in [6.45, 7) is 4.95. The molecule has 0 bridgehead atoms. The molecule has 0 spiro atoms. The first-order chi connectivity index (χ1) is 12.7. The lowest BCUT2D eigenvalue weighted by molar-refractivity contribution is -0.137. The molecule has 1 aromatic carbocycles. The Morgan fingerprint density at radius 3 is 2.35 bits per heavy atom. The lowest BCUT2D eigenvalue weighted by atomic mass is 10.0. The minimum Gasteiger partial charge on any atom is -0.497 e. The maximum Gasteiger partial charge on any atom is 0.277 e. The van der Waals surface area contributed by atoms with Gasteiger partial charge < -0.3 is 14.4 Å². The molecule has 2 heterocycles. The van der Waals surface area contributed by atoms with Crippen molar-refractivity contribution < 1.29 is 19.1 Å². The van der Waals surface area contributed by atoms with Gasteiger partial charge in [-0.2, -0.15) is 0 Å². The van der Waals surface area contributed by atoms with Crippen LogP contribution in [0, 0.1) is 0 Å². The van der Waals surface area contributed by atoms with Crippen LogP contribution in [0.15, 0.2) is 30.0 Å². The minimum absolute atomic E-state index is 0.182. The zero-order valence-electron chi connectivity index (χ0n) is 15.5. The lowest BCUT2D eigenvalue weighted by Crippen LogP contribution is -2.40. The molecule has 2 amide bonds. The fraction of sp³-hybridized carbons (Fsp3) is 0.500. The summed E-state index contributed by atoms with van der Waals surface area (Å²) in [6, 6.07) is 7.32. The van der Waals surface area contributed by atoms with Crippen molar-refractivity contribution in [3.8, 4) is 5.75 Å². The minimum atomic E-state index is -0.197. The van der Waals surface area contributed by atoms with Gasteiger partial charge in [0.1, 0.15) is 11.4 Å². The van der Waals surface area contributed by atoms with Gasteiger partial charge in [-0.1, -0.05) is 31.9 Å². The van der Waals surface area contributed by atoms with Crippen LogP contribution in [0.2, 0.25) is 0 Å². The standard InChI is InChI=1S/C20H26N2O4/c1-3-4-5-10-22-19(23)17(15-6-8-16(25-2)9-7-15)18(20(22)24)21-11-13-26-14-12-21/h6-9H,3-5,10-14H2,1-2H3. The molecule has 2 aliphatic rings. The predicted molar refractivity (Wildman–Crippen MR) is 98.6 cm³/mol. The van der Waals surface area contributed by atoms with Gasteiger partial charge in [0, 0.05) is 19.6 Å². The Morgan fingerprint density at radius 1 is 1.04 bits per heavy atom. The Balaban J connectivity index is 1.95. The van der Waals surface area contributed by atoms with Crippen LogP contribution < -0.4 is 4.74 Å². The number of ether oxygens (including phenoxy) is 2. The third-order valence-electron chi connectivity index (χ3n) is 4.83. The summed E-state index contributed by atoms with van der Waals surface area (Å²) in [4.78, 5) is 29.5. The van der Waals surface area contributed by atoms with Crippen LogP contribution in [0.5, 0.6) is 5.75 Å². The number of morpholine rings is 1. The molecule has 0 saturated carbocycles. The number of unbranched alkanes of at least 4 members (excludes halogenated alkanes) is 2. The highest BCUT2D eigenvalue weighted by molar-refractivity contribution is 6.35. The fourth-order valence-electron chi connectivity index (χ4n) is 3.38. The van der Waals surface area contributed by atoms with Gasteiger partial charge in [0.25, 0.3) is 11.8 Å². The number of carbonyl (C=O) groups is 2. The zero-order valence-corrected chi connectivity index (χ0v) is 15.5. The van der Waals surface area contributed by atoms with E-state index in [1.807, 2.05) is 29.2 Å². The Labute approximate surface area is 154 Å². The van der Waals surface area contributed by atoms with Crippen molar-refractivity contribution in [3.05, 3.63) is 35.5 Å². The highest BCUT2D eigenvalue weighted by Crippen LogP contribution is 2.33. The van der Waals surface area contributed by atoms with Crippen LogP contribution in [-0.2, 0) is 14.3 Å². The number of hydrogen-bond donors (Lipinski definition) is 0. The normalized spacial score (nSPS) is 18.1. The van der Waals surface area contributed by atoms with E-state index in [1.54, 1.807) is 7.11 Å². The third-order valence-corrected chi connectivity index (χ3v) is 4.83. The SMILES string of the molecule is CCCCCN1C(=O)C(c2ccc(OC)cc2)=C(N2CCOCC2)C1=O. The van der Waals surface area contributed by atoms with E-state index in [2.05, 4.69) is 6.92 Å². The molecule has 2 aliphatic heterocycles. The predicted octanol–water partition coefficient (Wildman–Crippen LogP) is 2.30. The Hall–Kier alpha value is -2.34. The van der Waals surface area contributed by atoms with Crippen molar-refractivity contribution in [1.82, 2.24) is 9.80 Å². The van der Waals surface area contributed by atoms with Gasteiger partial charge >= 0.3 is 0 Å². The van der Waals surface area contributed by atoms with Gasteiger partial charge in [-0.25, -0.2) is 0 Å². The summed E-state index contributed by atoms with van der Waals surface area (Å²) in [7, 11) is 1.60. The van der Waals surface area contributed by atoms with Crippen molar-refractivity contribution >= 4 is 17.4 Å². The first kappa shape index (κ1) is 18.5. The van der Waals surface area contributed by atoms with Gasteiger partial charge in [-0.15, -0.1) is 0 Å². The molecular weight excluding hydrogens is 332 g/mol. The van der Waals surface area contributed by atoms with Crippen LogP contribution in [0.25, 0.3) is 5.57 Å². The Kier molecular flexibility index (Phi) is 5.93. The molecule has 1 aromatic rings. The van der Waals surface area contributed by atoms with Crippen molar-refractivity contribution in [1.29, 1.82) is 0 Å². The van der Waals surface area contributed by atoms with Crippen molar-refractivity contribution in [3.63, 3.8) is 0 Å². The number of rotatable bonds is 7. The van der Waals surface area contributed by atoms with Crippen molar-refractivity contribution in [2.24, 2.45) is 0 Å². The highest BCUT2D eigenvalue weighted by Gasteiger charge is 2.41. The summed E-state index contributed by atoms with van der Waals surface area (Å²) in [5.74, 6) is 0.343. The van der Waals surface area contributed by atoms with E-state index >= 15 is 0 Å². The van der Waals surface area contributed by atoms with E-state index in [0.29, 0.717) is 44.1 Å². The third kappa shape index (κ3) is 3.60. The Bertz CT molecular complexity index is 690. The maximum atomic E-state index is 13.1. The van der Waals surface area contributed by atoms with E-state index in [9.17, 15) is 9.59 Å². The van der Waals surface area contributed by atoms with E-state index < -0.39 is 0 Å². The molecular formula is C20H26N2O4. The summed E-state index contributed by atoms with van der Waals surface area (Å²) >= 11 is 0. The molecule has 26 heavy (non-hydrogen) atoms. The molecule has 6 nitrogen and oxygen atoms in total. The van der Waals surface area contributed by atoms with E-state index in [0.717, 1.165) is 30.6 Å². The van der Waals surface area contributed by atoms with E-state index in [-0.39, 0.29) is 11.8 Å². The van der Waals surface area contributed by atoms with Crippen molar-refractivity contribution in [2.75, 3.05) is 40.0 Å². The number of nitrogens with zero attached hydrogens (tertiary/aromatic N) is 2. The van der Waals surface area contributed by atoms with Crippen LogP contribution in [0.4, 0.5) is 0 Å². The highest BCUT2D eigenvalue weighted by atomic mass is 16.5. The van der Waals surface area contributed by atoms with Gasteiger partial charge in [-0.05, 0) is 24.1 Å². The second-order valence-electron chi connectivity index (χ2n) is 6.52. The first-order valence-electron chi connectivity index (χ1n) is 9.25.